The van der Waals surface area contributed by atoms with E-state index in [-0.39, 0.29) is 5.91 Å². The molecular formula is C22H34N4OS. The summed E-state index contributed by atoms with van der Waals surface area (Å²) in [5, 5.41) is 7.25. The first kappa shape index (κ1) is 21.1. The fourth-order valence-corrected chi connectivity index (χ4v) is 4.58. The summed E-state index contributed by atoms with van der Waals surface area (Å²) in [4.78, 5) is 16.6. The van der Waals surface area contributed by atoms with Gasteiger partial charge in [0.15, 0.2) is 5.11 Å². The molecule has 5 nitrogen and oxygen atoms in total. The van der Waals surface area contributed by atoms with Gasteiger partial charge in [0.1, 0.15) is 0 Å². The maximum Gasteiger partial charge on any atom is 0.227 e. The third-order valence-corrected chi connectivity index (χ3v) is 6.21. The molecule has 0 aliphatic carbocycles. The molecule has 2 N–H and O–H groups in total. The van der Waals surface area contributed by atoms with E-state index in [1.54, 1.807) is 0 Å². The van der Waals surface area contributed by atoms with Crippen LogP contribution in [0.25, 0.3) is 0 Å². The highest BCUT2D eigenvalue weighted by Crippen LogP contribution is 2.28. The van der Waals surface area contributed by atoms with Crippen molar-refractivity contribution in [2.45, 2.75) is 64.8 Å². The number of aryl methyl sites for hydroxylation is 1. The molecule has 2 aliphatic rings. The zero-order chi connectivity index (χ0) is 19.9. The topological polar surface area (TPSA) is 47.6 Å². The Morgan fingerprint density at radius 1 is 1.25 bits per heavy atom. The molecule has 0 radical (unpaired) electrons. The zero-order valence-corrected chi connectivity index (χ0v) is 18.1. The number of benzene rings is 1. The van der Waals surface area contributed by atoms with Crippen molar-refractivity contribution in [2.75, 3.05) is 36.4 Å². The van der Waals surface area contributed by atoms with Crippen LogP contribution < -0.4 is 15.5 Å². The van der Waals surface area contributed by atoms with Crippen LogP contribution in [-0.2, 0) is 4.79 Å². The highest BCUT2D eigenvalue weighted by atomic mass is 32.1. The summed E-state index contributed by atoms with van der Waals surface area (Å²) < 4.78 is 0. The molecule has 2 aliphatic heterocycles. The summed E-state index contributed by atoms with van der Waals surface area (Å²) in [6.07, 6.45) is 7.99. The number of thiocarbonyl (C=S) groups is 1. The number of hydrogen-bond donors (Lipinski definition) is 2. The summed E-state index contributed by atoms with van der Waals surface area (Å²) in [7, 11) is 0. The number of carbonyl (C=O) groups excluding carboxylic acids is 1. The van der Waals surface area contributed by atoms with Crippen LogP contribution in [0.2, 0.25) is 0 Å². The number of amides is 1. The van der Waals surface area contributed by atoms with Crippen molar-refractivity contribution in [3.8, 4) is 0 Å². The van der Waals surface area contributed by atoms with Gasteiger partial charge >= 0.3 is 0 Å². The predicted octanol–water partition coefficient (Wildman–Crippen LogP) is 4.06. The molecule has 0 bridgehead atoms. The Hall–Kier alpha value is -1.66. The molecule has 0 saturated carbocycles. The summed E-state index contributed by atoms with van der Waals surface area (Å²) in [6.45, 7) is 8.41. The first-order valence-electron chi connectivity index (χ1n) is 10.8. The van der Waals surface area contributed by atoms with E-state index >= 15 is 0 Å². The van der Waals surface area contributed by atoms with Gasteiger partial charge in [0.25, 0.3) is 0 Å². The third kappa shape index (κ3) is 5.45. The van der Waals surface area contributed by atoms with Gasteiger partial charge in [0.05, 0.1) is 0 Å². The van der Waals surface area contributed by atoms with Crippen molar-refractivity contribution in [1.82, 2.24) is 10.2 Å². The Balaban J connectivity index is 1.45. The average molecular weight is 403 g/mol. The first-order valence-corrected chi connectivity index (χ1v) is 11.2. The molecule has 28 heavy (non-hydrogen) atoms. The van der Waals surface area contributed by atoms with E-state index in [1.807, 2.05) is 30.0 Å². The smallest absolute Gasteiger partial charge is 0.227 e. The number of piperidine rings is 1. The number of rotatable bonds is 7. The highest BCUT2D eigenvalue weighted by Gasteiger charge is 2.23. The molecule has 1 atom stereocenters. The monoisotopic (exact) mass is 402 g/mol. The standard InChI is InChI=1S/C22H34N4OS/c1-3-19-8-4-5-13-25(19)14-7-12-23-22(28)24-18-11-10-17(2)20(16-18)26-15-6-9-21(26)27/h10-11,16,19H,3-9,12-15H2,1-2H3,(H2,23,24,28)/t19-/m0/s1. The average Bonchev–Trinajstić information content (AvgIpc) is 3.12. The highest BCUT2D eigenvalue weighted by molar-refractivity contribution is 7.80. The van der Waals surface area contributed by atoms with Crippen LogP contribution in [0.3, 0.4) is 0 Å². The Kier molecular flexibility index (Phi) is 7.68. The minimum Gasteiger partial charge on any atom is -0.362 e. The van der Waals surface area contributed by atoms with E-state index in [0.717, 1.165) is 55.5 Å². The van der Waals surface area contributed by atoms with Gasteiger partial charge in [0, 0.05) is 43.5 Å². The third-order valence-electron chi connectivity index (χ3n) is 5.96. The SMILES string of the molecule is CC[C@H]1CCCCN1CCCNC(=S)Nc1ccc(C)c(N2CCCC2=O)c1. The normalized spacial score (nSPS) is 20.4. The van der Waals surface area contributed by atoms with E-state index in [1.165, 1.54) is 32.2 Å². The molecule has 2 fully saturated rings. The largest absolute Gasteiger partial charge is 0.362 e. The molecule has 2 heterocycles. The van der Waals surface area contributed by atoms with E-state index in [2.05, 4.69) is 22.5 Å². The van der Waals surface area contributed by atoms with Crippen LogP contribution in [0.15, 0.2) is 18.2 Å². The minimum absolute atomic E-state index is 0.212. The molecule has 0 aromatic heterocycles. The number of nitrogens with one attached hydrogen (secondary N) is 2. The number of anilines is 2. The Labute approximate surface area is 174 Å². The van der Waals surface area contributed by atoms with E-state index in [4.69, 9.17) is 12.2 Å². The van der Waals surface area contributed by atoms with Crippen molar-refractivity contribution < 1.29 is 4.79 Å². The van der Waals surface area contributed by atoms with Crippen molar-refractivity contribution >= 4 is 34.6 Å². The molecule has 3 rings (SSSR count). The summed E-state index contributed by atoms with van der Waals surface area (Å²) in [5.74, 6) is 0.212. The van der Waals surface area contributed by atoms with Crippen LogP contribution in [0, 0.1) is 6.92 Å². The first-order chi connectivity index (χ1) is 13.6. The van der Waals surface area contributed by atoms with Crippen LogP contribution in [-0.4, -0.2) is 48.1 Å². The predicted molar refractivity (Wildman–Crippen MR) is 121 cm³/mol. The second-order valence-corrected chi connectivity index (χ2v) is 8.39. The summed E-state index contributed by atoms with van der Waals surface area (Å²) in [6, 6.07) is 6.87. The molecule has 0 spiro atoms. The number of carbonyl (C=O) groups is 1. The van der Waals surface area contributed by atoms with Gasteiger partial charge in [-0.25, -0.2) is 0 Å². The molecular weight excluding hydrogens is 368 g/mol. The van der Waals surface area contributed by atoms with Gasteiger partial charge in [-0.3, -0.25) is 4.79 Å². The van der Waals surface area contributed by atoms with Crippen molar-refractivity contribution in [3.05, 3.63) is 23.8 Å². The van der Waals surface area contributed by atoms with Crippen molar-refractivity contribution in [1.29, 1.82) is 0 Å². The van der Waals surface area contributed by atoms with E-state index < -0.39 is 0 Å². The van der Waals surface area contributed by atoms with Gasteiger partial charge in [-0.05, 0) is 75.5 Å². The minimum atomic E-state index is 0.212. The van der Waals surface area contributed by atoms with Crippen molar-refractivity contribution in [2.24, 2.45) is 0 Å². The molecule has 6 heteroatoms. The van der Waals surface area contributed by atoms with E-state index in [9.17, 15) is 4.79 Å². The van der Waals surface area contributed by atoms with Crippen LogP contribution in [0.4, 0.5) is 11.4 Å². The lowest BCUT2D eigenvalue weighted by atomic mass is 10.00. The number of nitrogens with zero attached hydrogens (tertiary/aromatic N) is 2. The van der Waals surface area contributed by atoms with Crippen LogP contribution >= 0.6 is 12.2 Å². The van der Waals surface area contributed by atoms with Gasteiger partial charge in [-0.1, -0.05) is 19.4 Å². The maximum absolute atomic E-state index is 12.1. The van der Waals surface area contributed by atoms with Gasteiger partial charge < -0.3 is 20.4 Å². The van der Waals surface area contributed by atoms with Gasteiger partial charge in [-0.2, -0.15) is 0 Å². The Bertz CT molecular complexity index is 693. The summed E-state index contributed by atoms with van der Waals surface area (Å²) in [5.41, 5.74) is 3.04. The molecule has 1 amide bonds. The molecule has 154 valence electrons. The fourth-order valence-electron chi connectivity index (χ4n) is 4.36. The van der Waals surface area contributed by atoms with Gasteiger partial charge in [-0.15, -0.1) is 0 Å². The quantitative estimate of drug-likeness (QED) is 0.532. The Morgan fingerprint density at radius 2 is 2.11 bits per heavy atom. The van der Waals surface area contributed by atoms with E-state index in [0.29, 0.717) is 11.5 Å². The zero-order valence-electron chi connectivity index (χ0n) is 17.3. The number of hydrogen-bond acceptors (Lipinski definition) is 3. The lowest BCUT2D eigenvalue weighted by Gasteiger charge is -2.35. The summed E-state index contributed by atoms with van der Waals surface area (Å²) >= 11 is 5.47. The lowest BCUT2D eigenvalue weighted by molar-refractivity contribution is -0.117. The fraction of sp³-hybridized carbons (Fsp3) is 0.636. The maximum atomic E-state index is 12.1. The van der Waals surface area contributed by atoms with Crippen LogP contribution in [0.5, 0.6) is 0 Å². The second-order valence-electron chi connectivity index (χ2n) is 7.98. The van der Waals surface area contributed by atoms with Crippen LogP contribution in [0.1, 0.15) is 57.4 Å². The Morgan fingerprint density at radius 3 is 2.86 bits per heavy atom. The lowest BCUT2D eigenvalue weighted by Crippen LogP contribution is -2.40. The van der Waals surface area contributed by atoms with Crippen molar-refractivity contribution in [3.63, 3.8) is 0 Å². The van der Waals surface area contributed by atoms with Gasteiger partial charge in [0.2, 0.25) is 5.91 Å². The molecule has 1 aromatic rings. The second kappa shape index (κ2) is 10.2. The molecule has 2 saturated heterocycles. The number of likely N-dealkylation sites (tertiary alicyclic amines) is 1. The molecule has 0 unspecified atom stereocenters. The molecule has 1 aromatic carbocycles.